The maximum Gasteiger partial charge on any atom is 0.433 e. The van der Waals surface area contributed by atoms with Crippen LogP contribution in [0, 0.1) is 11.2 Å². The van der Waals surface area contributed by atoms with Gasteiger partial charge in [0, 0.05) is 18.1 Å². The zero-order valence-electron chi connectivity index (χ0n) is 23.6. The van der Waals surface area contributed by atoms with E-state index >= 15 is 0 Å². The summed E-state index contributed by atoms with van der Waals surface area (Å²) in [6.45, 7) is 0.956. The summed E-state index contributed by atoms with van der Waals surface area (Å²) in [5.41, 5.74) is -3.18. The maximum atomic E-state index is 14.6. The number of aliphatic carboxylic acids is 1. The summed E-state index contributed by atoms with van der Waals surface area (Å²) in [7, 11) is 1.97. The number of carbonyl (C=O) groups excluding carboxylic acids is 2. The number of piperidine rings is 1. The van der Waals surface area contributed by atoms with Crippen LogP contribution in [0.1, 0.15) is 90.7 Å². The van der Waals surface area contributed by atoms with Gasteiger partial charge in [0.15, 0.2) is 11.5 Å². The molecule has 0 radical (unpaired) electrons. The Balaban J connectivity index is 1.50. The van der Waals surface area contributed by atoms with Crippen molar-refractivity contribution in [3.63, 3.8) is 0 Å². The fourth-order valence-corrected chi connectivity index (χ4v) is 7.65. The smallest absolute Gasteiger partial charge is 0.433 e. The van der Waals surface area contributed by atoms with Crippen molar-refractivity contribution in [2.45, 2.75) is 88.6 Å². The second-order valence-electron chi connectivity index (χ2n) is 12.2. The molecule has 8 nitrogen and oxygen atoms in total. The van der Waals surface area contributed by atoms with Gasteiger partial charge in [-0.3, -0.25) is 19.1 Å². The number of amides is 1. The fourth-order valence-electron chi connectivity index (χ4n) is 6.98. The Morgan fingerprint density at radius 2 is 1.60 bits per heavy atom. The first-order valence-electron chi connectivity index (χ1n) is 14.2. The fraction of sp³-hybridized carbons (Fsp3) is 0.586. The molecule has 1 saturated carbocycles. The number of fused-ring (bicyclic) bond motifs is 2. The molecule has 2 unspecified atom stereocenters. The third-order valence-corrected chi connectivity index (χ3v) is 10.2. The summed E-state index contributed by atoms with van der Waals surface area (Å²) in [4.78, 5) is 42.6. The Morgan fingerprint density at radius 1 is 1.05 bits per heavy atom. The average Bonchev–Trinajstić information content (AvgIpc) is 3.43. The van der Waals surface area contributed by atoms with Gasteiger partial charge in [0.05, 0.1) is 45.4 Å². The molecule has 1 aromatic heterocycles. The van der Waals surface area contributed by atoms with Gasteiger partial charge >= 0.3 is 12.1 Å². The van der Waals surface area contributed by atoms with Crippen molar-refractivity contribution >= 4 is 40.9 Å². The summed E-state index contributed by atoms with van der Waals surface area (Å²) in [6, 6.07) is 0.725. The number of carboxylic acid groups (broad SMARTS) is 1. The molecule has 3 aliphatic rings. The Bertz CT molecular complexity index is 1400. The molecular weight excluding hydrogens is 615 g/mol. The minimum Gasteiger partial charge on any atom is -0.481 e. The number of carboxylic acids is 1. The van der Waals surface area contributed by atoms with E-state index in [4.69, 9.17) is 23.2 Å². The second kappa shape index (κ2) is 11.7. The predicted octanol–water partition coefficient (Wildman–Crippen LogP) is 6.50. The monoisotopic (exact) mass is 646 g/mol. The Morgan fingerprint density at radius 3 is 2.12 bits per heavy atom. The lowest BCUT2D eigenvalue weighted by atomic mass is 9.74. The quantitative estimate of drug-likeness (QED) is 0.272. The first kappa shape index (κ1) is 31.7. The number of carbonyl (C=O) groups is 3. The number of alkyl halides is 3. The van der Waals surface area contributed by atoms with Crippen LogP contribution in [-0.2, 0) is 11.0 Å². The van der Waals surface area contributed by atoms with E-state index in [1.807, 2.05) is 7.05 Å². The summed E-state index contributed by atoms with van der Waals surface area (Å²) < 4.78 is 58.5. The highest BCUT2D eigenvalue weighted by atomic mass is 35.5. The number of nitrogens with zero attached hydrogens (tertiary/aromatic N) is 4. The van der Waals surface area contributed by atoms with Crippen molar-refractivity contribution in [2.75, 3.05) is 13.6 Å². The molecule has 3 heterocycles. The van der Waals surface area contributed by atoms with Gasteiger partial charge in [0.2, 0.25) is 0 Å². The van der Waals surface area contributed by atoms with Crippen LogP contribution >= 0.6 is 23.2 Å². The highest BCUT2D eigenvalue weighted by molar-refractivity contribution is 6.40. The maximum absolute atomic E-state index is 14.6. The summed E-state index contributed by atoms with van der Waals surface area (Å²) in [6.07, 6.45) is -0.817. The molecule has 43 heavy (non-hydrogen) atoms. The van der Waals surface area contributed by atoms with Crippen molar-refractivity contribution < 1.29 is 37.1 Å². The number of Topliss-reactive ketones (excluding diaryl/α,β-unsaturated/α-hetero) is 1. The third-order valence-electron chi connectivity index (χ3n) is 9.59. The zero-order chi connectivity index (χ0) is 31.4. The molecule has 2 aromatic rings. The Hall–Kier alpha value is -2.70. The second-order valence-corrected chi connectivity index (χ2v) is 13.0. The molecule has 14 heteroatoms. The van der Waals surface area contributed by atoms with Crippen LogP contribution in [0.25, 0.3) is 0 Å². The molecule has 0 spiro atoms. The van der Waals surface area contributed by atoms with Crippen LogP contribution in [0.4, 0.5) is 17.6 Å². The van der Waals surface area contributed by atoms with Gasteiger partial charge in [-0.15, -0.1) is 0 Å². The number of benzene rings is 1. The molecule has 234 valence electrons. The number of aromatic nitrogens is 2. The van der Waals surface area contributed by atoms with Crippen molar-refractivity contribution in [2.24, 2.45) is 5.41 Å². The van der Waals surface area contributed by atoms with Crippen molar-refractivity contribution in [3.05, 3.63) is 51.0 Å². The van der Waals surface area contributed by atoms with E-state index in [0.29, 0.717) is 12.8 Å². The van der Waals surface area contributed by atoms with Gasteiger partial charge in [-0.1, -0.05) is 23.2 Å². The van der Waals surface area contributed by atoms with Crippen molar-refractivity contribution in [3.8, 4) is 0 Å². The molecular formula is C29H32Cl2F4N4O4. The van der Waals surface area contributed by atoms with Crippen LogP contribution in [0.3, 0.4) is 0 Å². The third kappa shape index (κ3) is 6.02. The molecule has 2 aliphatic heterocycles. The van der Waals surface area contributed by atoms with Gasteiger partial charge in [0.25, 0.3) is 5.91 Å². The summed E-state index contributed by atoms with van der Waals surface area (Å²) in [5.74, 6) is -3.50. The molecule has 2 saturated heterocycles. The van der Waals surface area contributed by atoms with Gasteiger partial charge in [-0.2, -0.15) is 18.3 Å². The van der Waals surface area contributed by atoms with Crippen molar-refractivity contribution in [1.82, 2.24) is 19.6 Å². The molecule has 3 fully saturated rings. The van der Waals surface area contributed by atoms with E-state index in [-0.39, 0.29) is 53.4 Å². The van der Waals surface area contributed by atoms with Crippen LogP contribution in [-0.4, -0.2) is 74.1 Å². The molecule has 5 rings (SSSR count). The standard InChI is InChI=1S/C29H32Cl2F4N4O4/c1-28(27(42)43)7-5-16(6-8-28)39-25(29(33,34)35)20(13-36-39)26(41)38(19-11-17-3-4-18(12-19)37(17)2)14-23(40)24-21(30)9-15(32)10-22(24)31/h9-10,13,16-19H,3-8,11-12,14H2,1-2H3,(H,42,43)/t16-,17?,18?,19?,28-. The summed E-state index contributed by atoms with van der Waals surface area (Å²) in [5, 5.41) is 13.0. The first-order chi connectivity index (χ1) is 20.1. The normalized spacial score (nSPS) is 27.7. The van der Waals surface area contributed by atoms with Crippen LogP contribution in [0.2, 0.25) is 10.0 Å². The highest BCUT2D eigenvalue weighted by Gasteiger charge is 2.47. The SMILES string of the molecule is CN1C2CCC1CC(N(CC(=O)c1c(Cl)cc(F)cc1Cl)C(=O)c1cnn([C@H]3CC[C@](C)(C(=O)O)CC3)c1C(F)(F)F)C2. The first-order valence-corrected chi connectivity index (χ1v) is 14.9. The molecule has 2 atom stereocenters. The zero-order valence-corrected chi connectivity index (χ0v) is 25.1. The highest BCUT2D eigenvalue weighted by Crippen LogP contribution is 2.44. The van der Waals surface area contributed by atoms with Gasteiger partial charge in [0.1, 0.15) is 5.82 Å². The molecule has 1 N–H and O–H groups in total. The van der Waals surface area contributed by atoms with E-state index in [9.17, 15) is 37.1 Å². The lowest BCUT2D eigenvalue weighted by Crippen LogP contribution is -2.52. The van der Waals surface area contributed by atoms with E-state index in [1.54, 1.807) is 6.92 Å². The van der Waals surface area contributed by atoms with E-state index in [2.05, 4.69) is 10.00 Å². The largest absolute Gasteiger partial charge is 0.481 e. The molecule has 1 aromatic carbocycles. The molecule has 1 aliphatic carbocycles. The molecule has 2 bridgehead atoms. The van der Waals surface area contributed by atoms with E-state index in [1.165, 1.54) is 0 Å². The van der Waals surface area contributed by atoms with E-state index in [0.717, 1.165) is 40.8 Å². The van der Waals surface area contributed by atoms with Crippen LogP contribution in [0.5, 0.6) is 0 Å². The Labute approximate surface area is 255 Å². The lowest BCUT2D eigenvalue weighted by Gasteiger charge is -2.41. The van der Waals surface area contributed by atoms with Crippen molar-refractivity contribution in [1.29, 1.82) is 0 Å². The topological polar surface area (TPSA) is 95.7 Å². The number of ketones is 1. The van der Waals surface area contributed by atoms with Gasteiger partial charge in [-0.05, 0) is 77.5 Å². The average molecular weight is 647 g/mol. The van der Waals surface area contributed by atoms with Gasteiger partial charge in [-0.25, -0.2) is 4.39 Å². The van der Waals surface area contributed by atoms with Crippen LogP contribution in [0.15, 0.2) is 18.3 Å². The number of halogens is 6. The van der Waals surface area contributed by atoms with Crippen LogP contribution < -0.4 is 0 Å². The minimum atomic E-state index is -4.96. The number of rotatable bonds is 7. The van der Waals surface area contributed by atoms with E-state index < -0.39 is 65.0 Å². The minimum absolute atomic E-state index is 0.0998. The Kier molecular flexibility index (Phi) is 8.60. The number of hydrogen-bond donors (Lipinski definition) is 1. The van der Waals surface area contributed by atoms with Gasteiger partial charge < -0.3 is 14.9 Å². The molecule has 1 amide bonds. The summed E-state index contributed by atoms with van der Waals surface area (Å²) >= 11 is 12.3. The predicted molar refractivity (Wildman–Crippen MR) is 150 cm³/mol. The lowest BCUT2D eigenvalue weighted by molar-refractivity contribution is -0.152. The number of hydrogen-bond acceptors (Lipinski definition) is 5.